The standard InChI is InChI=1S/C11H19NOS/c1-10(12(2)6-7-13-3)9-11-5-4-8-14-11/h4-5,8,10H,6-7,9H2,1-3H3/t10-/m0/s1. The van der Waals surface area contributed by atoms with Gasteiger partial charge in [-0.2, -0.15) is 0 Å². The van der Waals surface area contributed by atoms with Gasteiger partial charge in [-0.05, 0) is 31.8 Å². The summed E-state index contributed by atoms with van der Waals surface area (Å²) in [6.45, 7) is 4.07. The summed E-state index contributed by atoms with van der Waals surface area (Å²) in [7, 11) is 3.90. The first kappa shape index (κ1) is 11.7. The molecular formula is C11H19NOS. The van der Waals surface area contributed by atoms with E-state index in [4.69, 9.17) is 4.74 Å². The van der Waals surface area contributed by atoms with Crippen LogP contribution >= 0.6 is 11.3 Å². The highest BCUT2D eigenvalue weighted by atomic mass is 32.1. The number of ether oxygens (including phenoxy) is 1. The molecule has 0 aliphatic rings. The first-order chi connectivity index (χ1) is 6.74. The number of hydrogen-bond donors (Lipinski definition) is 0. The van der Waals surface area contributed by atoms with Crippen LogP contribution < -0.4 is 0 Å². The van der Waals surface area contributed by atoms with E-state index in [1.807, 2.05) is 11.3 Å². The van der Waals surface area contributed by atoms with Gasteiger partial charge in [0.25, 0.3) is 0 Å². The van der Waals surface area contributed by atoms with Crippen LogP contribution in [0, 0.1) is 0 Å². The minimum atomic E-state index is 0.587. The largest absolute Gasteiger partial charge is 0.383 e. The lowest BCUT2D eigenvalue weighted by Crippen LogP contribution is -2.33. The molecule has 0 unspecified atom stereocenters. The lowest BCUT2D eigenvalue weighted by atomic mass is 10.2. The van der Waals surface area contributed by atoms with Crippen molar-refractivity contribution >= 4 is 11.3 Å². The molecule has 0 radical (unpaired) electrons. The Kier molecular flexibility index (Phi) is 5.15. The van der Waals surface area contributed by atoms with Crippen LogP contribution in [0.5, 0.6) is 0 Å². The zero-order valence-electron chi connectivity index (χ0n) is 9.19. The number of likely N-dealkylation sites (N-methyl/N-ethyl adjacent to an activating group) is 1. The van der Waals surface area contributed by atoms with Crippen molar-refractivity contribution in [3.8, 4) is 0 Å². The molecule has 0 aliphatic heterocycles. The van der Waals surface area contributed by atoms with Gasteiger partial charge in [-0.15, -0.1) is 11.3 Å². The molecular weight excluding hydrogens is 194 g/mol. The fourth-order valence-electron chi connectivity index (χ4n) is 1.33. The maximum Gasteiger partial charge on any atom is 0.0589 e. The molecule has 80 valence electrons. The Hall–Kier alpha value is -0.380. The van der Waals surface area contributed by atoms with Crippen molar-refractivity contribution in [1.82, 2.24) is 4.90 Å². The lowest BCUT2D eigenvalue weighted by Gasteiger charge is -2.23. The molecule has 0 bridgehead atoms. The topological polar surface area (TPSA) is 12.5 Å². The summed E-state index contributed by atoms with van der Waals surface area (Å²) in [5.41, 5.74) is 0. The predicted molar refractivity (Wildman–Crippen MR) is 62.0 cm³/mol. The Morgan fingerprint density at radius 2 is 2.36 bits per heavy atom. The normalized spacial score (nSPS) is 13.4. The average Bonchev–Trinajstić information content (AvgIpc) is 2.66. The molecule has 1 heterocycles. The molecule has 0 amide bonds. The van der Waals surface area contributed by atoms with Gasteiger partial charge < -0.3 is 9.64 Å². The second kappa shape index (κ2) is 6.17. The van der Waals surface area contributed by atoms with E-state index in [1.54, 1.807) is 7.11 Å². The zero-order chi connectivity index (χ0) is 10.4. The van der Waals surface area contributed by atoms with Gasteiger partial charge in [-0.25, -0.2) is 0 Å². The summed E-state index contributed by atoms with van der Waals surface area (Å²) >= 11 is 1.83. The third-order valence-corrected chi connectivity index (χ3v) is 3.38. The van der Waals surface area contributed by atoms with E-state index in [2.05, 4.69) is 36.4 Å². The number of rotatable bonds is 6. The third kappa shape index (κ3) is 3.78. The molecule has 0 fully saturated rings. The van der Waals surface area contributed by atoms with Gasteiger partial charge in [0.2, 0.25) is 0 Å². The molecule has 0 spiro atoms. The van der Waals surface area contributed by atoms with Crippen LogP contribution in [0.4, 0.5) is 0 Å². The summed E-state index contributed by atoms with van der Waals surface area (Å²) in [5, 5.41) is 2.14. The molecule has 1 aromatic heterocycles. The van der Waals surface area contributed by atoms with Crippen LogP contribution in [0.15, 0.2) is 17.5 Å². The lowest BCUT2D eigenvalue weighted by molar-refractivity contribution is 0.143. The molecule has 1 atom stereocenters. The van der Waals surface area contributed by atoms with Crippen LogP contribution in [0.1, 0.15) is 11.8 Å². The maximum atomic E-state index is 5.06. The second-order valence-corrected chi connectivity index (χ2v) is 4.64. The fraction of sp³-hybridized carbons (Fsp3) is 0.636. The van der Waals surface area contributed by atoms with Crippen molar-refractivity contribution < 1.29 is 4.74 Å². The van der Waals surface area contributed by atoms with Crippen LogP contribution in [0.25, 0.3) is 0 Å². The van der Waals surface area contributed by atoms with Crippen molar-refractivity contribution in [2.75, 3.05) is 27.3 Å². The van der Waals surface area contributed by atoms with E-state index in [1.165, 1.54) is 4.88 Å². The molecule has 3 heteroatoms. The van der Waals surface area contributed by atoms with Gasteiger partial charge in [0.15, 0.2) is 0 Å². The molecule has 1 aromatic rings. The van der Waals surface area contributed by atoms with Crippen LogP contribution in [-0.4, -0.2) is 38.3 Å². The molecule has 0 N–H and O–H groups in total. The summed E-state index contributed by atoms with van der Waals surface area (Å²) < 4.78 is 5.06. The summed E-state index contributed by atoms with van der Waals surface area (Å²) in [4.78, 5) is 3.80. The van der Waals surface area contributed by atoms with Crippen molar-refractivity contribution in [1.29, 1.82) is 0 Å². The van der Waals surface area contributed by atoms with Crippen molar-refractivity contribution in [3.05, 3.63) is 22.4 Å². The first-order valence-electron chi connectivity index (χ1n) is 4.95. The number of hydrogen-bond acceptors (Lipinski definition) is 3. The molecule has 0 saturated carbocycles. The van der Waals surface area contributed by atoms with E-state index in [9.17, 15) is 0 Å². The monoisotopic (exact) mass is 213 g/mol. The summed E-state index contributed by atoms with van der Waals surface area (Å²) in [6.07, 6.45) is 1.14. The van der Waals surface area contributed by atoms with Crippen molar-refractivity contribution in [3.63, 3.8) is 0 Å². The minimum absolute atomic E-state index is 0.587. The Morgan fingerprint density at radius 3 is 2.93 bits per heavy atom. The molecule has 0 aliphatic carbocycles. The number of nitrogens with zero attached hydrogens (tertiary/aromatic N) is 1. The first-order valence-corrected chi connectivity index (χ1v) is 5.83. The average molecular weight is 213 g/mol. The predicted octanol–water partition coefficient (Wildman–Crippen LogP) is 2.26. The smallest absolute Gasteiger partial charge is 0.0589 e. The molecule has 2 nitrogen and oxygen atoms in total. The van der Waals surface area contributed by atoms with E-state index in [-0.39, 0.29) is 0 Å². The van der Waals surface area contributed by atoms with E-state index >= 15 is 0 Å². The molecule has 0 aromatic carbocycles. The van der Waals surface area contributed by atoms with Gasteiger partial charge in [0.05, 0.1) is 6.61 Å². The molecule has 0 saturated heterocycles. The van der Waals surface area contributed by atoms with E-state index < -0.39 is 0 Å². The Labute approximate surface area is 90.5 Å². The van der Waals surface area contributed by atoms with Gasteiger partial charge in [-0.3, -0.25) is 0 Å². The van der Waals surface area contributed by atoms with Gasteiger partial charge in [0.1, 0.15) is 0 Å². The second-order valence-electron chi connectivity index (χ2n) is 3.61. The van der Waals surface area contributed by atoms with Crippen LogP contribution in [0.2, 0.25) is 0 Å². The molecule has 1 rings (SSSR count). The number of thiophene rings is 1. The Morgan fingerprint density at radius 1 is 1.57 bits per heavy atom. The van der Waals surface area contributed by atoms with Gasteiger partial charge in [-0.1, -0.05) is 6.07 Å². The third-order valence-electron chi connectivity index (χ3n) is 2.48. The maximum absolute atomic E-state index is 5.06. The van der Waals surface area contributed by atoms with Gasteiger partial charge in [0, 0.05) is 24.6 Å². The van der Waals surface area contributed by atoms with Crippen LogP contribution in [0.3, 0.4) is 0 Å². The highest BCUT2D eigenvalue weighted by molar-refractivity contribution is 7.09. The Bertz CT molecular complexity index is 235. The zero-order valence-corrected chi connectivity index (χ0v) is 10.0. The van der Waals surface area contributed by atoms with Crippen molar-refractivity contribution in [2.45, 2.75) is 19.4 Å². The molecule has 14 heavy (non-hydrogen) atoms. The van der Waals surface area contributed by atoms with E-state index in [0.29, 0.717) is 6.04 Å². The fourth-order valence-corrected chi connectivity index (χ4v) is 2.16. The highest BCUT2D eigenvalue weighted by Gasteiger charge is 2.09. The quantitative estimate of drug-likeness (QED) is 0.718. The summed E-state index contributed by atoms with van der Waals surface area (Å²) in [5.74, 6) is 0. The van der Waals surface area contributed by atoms with Crippen molar-refractivity contribution in [2.24, 2.45) is 0 Å². The van der Waals surface area contributed by atoms with Gasteiger partial charge >= 0.3 is 0 Å². The highest BCUT2D eigenvalue weighted by Crippen LogP contribution is 2.13. The van der Waals surface area contributed by atoms with Crippen LogP contribution in [-0.2, 0) is 11.2 Å². The SMILES string of the molecule is COCCN(C)[C@@H](C)Cc1cccs1. The number of methoxy groups -OCH3 is 1. The summed E-state index contributed by atoms with van der Waals surface area (Å²) in [6, 6.07) is 4.90. The van der Waals surface area contributed by atoms with E-state index in [0.717, 1.165) is 19.6 Å². The Balaban J connectivity index is 2.30. The minimum Gasteiger partial charge on any atom is -0.383 e.